The Bertz CT molecular complexity index is 1630. The van der Waals surface area contributed by atoms with E-state index in [1.165, 1.54) is 17.4 Å². The fourth-order valence-corrected chi connectivity index (χ4v) is 5.67. The van der Waals surface area contributed by atoms with Crippen LogP contribution in [0.4, 0.5) is 11.4 Å². The second kappa shape index (κ2) is 10.2. The zero-order valence-electron chi connectivity index (χ0n) is 18.5. The summed E-state index contributed by atoms with van der Waals surface area (Å²) in [6.07, 6.45) is 3.32. The third-order valence-corrected chi connectivity index (χ3v) is 7.88. The fourth-order valence-electron chi connectivity index (χ4n) is 3.56. The van der Waals surface area contributed by atoms with Crippen molar-refractivity contribution in [2.24, 2.45) is 0 Å². The lowest BCUT2D eigenvalue weighted by molar-refractivity contribution is 0.102. The largest absolute Gasteiger partial charge is 0.397 e. The van der Waals surface area contributed by atoms with Gasteiger partial charge in [0.1, 0.15) is 9.71 Å². The number of allylic oxidation sites excluding steroid dienone is 1. The number of hydrogen-bond acceptors (Lipinski definition) is 6. The molecule has 5 rings (SSSR count). The summed E-state index contributed by atoms with van der Waals surface area (Å²) in [6, 6.07) is 19.4. The average molecular weight is 550 g/mol. The van der Waals surface area contributed by atoms with Gasteiger partial charge in [-0.05, 0) is 78.2 Å². The van der Waals surface area contributed by atoms with E-state index < -0.39 is 0 Å². The molecule has 9 heteroatoms. The van der Waals surface area contributed by atoms with Crippen LogP contribution < -0.4 is 11.1 Å². The number of hydrogen-bond donors (Lipinski definition) is 2. The first-order valence-corrected chi connectivity index (χ1v) is 13.2. The predicted octanol–water partition coefficient (Wildman–Crippen LogP) is 8.06. The summed E-state index contributed by atoms with van der Waals surface area (Å²) in [5.41, 5.74) is 9.12. The van der Waals surface area contributed by atoms with Crippen molar-refractivity contribution in [3.8, 4) is 11.3 Å². The third kappa shape index (κ3) is 5.05. The number of nitrogen functional groups attached to an aromatic ring is 1. The molecule has 0 aliphatic heterocycles. The molecule has 3 heterocycles. The minimum Gasteiger partial charge on any atom is -0.397 e. The highest BCUT2D eigenvalue weighted by atomic mass is 35.5. The number of carbonyl (C=O) groups excluding carboxylic acids is 2. The molecule has 0 atom stereocenters. The smallest absolute Gasteiger partial charge is 0.267 e. The summed E-state index contributed by atoms with van der Waals surface area (Å²) in [5.74, 6) is -0.462. The van der Waals surface area contributed by atoms with Gasteiger partial charge >= 0.3 is 0 Å². The first kappa shape index (κ1) is 24.2. The van der Waals surface area contributed by atoms with Gasteiger partial charge in [0.05, 0.1) is 16.4 Å². The van der Waals surface area contributed by atoms with Gasteiger partial charge in [-0.3, -0.25) is 9.59 Å². The number of halogens is 2. The van der Waals surface area contributed by atoms with Gasteiger partial charge < -0.3 is 11.1 Å². The number of amides is 1. The van der Waals surface area contributed by atoms with Crippen LogP contribution in [0, 0.1) is 0 Å². The molecule has 0 radical (unpaired) electrons. The van der Waals surface area contributed by atoms with Gasteiger partial charge in [-0.2, -0.15) is 0 Å². The summed E-state index contributed by atoms with van der Waals surface area (Å²) >= 11 is 15.1. The Morgan fingerprint density at radius 2 is 1.81 bits per heavy atom. The molecule has 5 nitrogen and oxygen atoms in total. The van der Waals surface area contributed by atoms with Crippen molar-refractivity contribution in [2.75, 3.05) is 11.1 Å². The SMILES string of the molecule is Nc1c(C(=O)Nc2ccc(C(=O)/C=C/c3cccs3)cc2)sc2nc(-c3ccc(Cl)cc3Cl)ccc12. The number of carbonyl (C=O) groups is 2. The molecule has 0 bridgehead atoms. The van der Waals surface area contributed by atoms with E-state index in [0.29, 0.717) is 47.8 Å². The van der Waals surface area contributed by atoms with Crippen LogP contribution in [0.25, 0.3) is 27.6 Å². The maximum atomic E-state index is 13.0. The second-order valence-corrected chi connectivity index (χ2v) is 10.6. The number of ketones is 1. The van der Waals surface area contributed by atoms with Crippen molar-refractivity contribution in [3.05, 3.63) is 104 Å². The van der Waals surface area contributed by atoms with Crippen LogP contribution in [0.15, 0.2) is 78.2 Å². The molecule has 36 heavy (non-hydrogen) atoms. The first-order chi connectivity index (χ1) is 17.4. The summed E-state index contributed by atoms with van der Waals surface area (Å²) in [7, 11) is 0. The number of aromatic nitrogens is 1. The summed E-state index contributed by atoms with van der Waals surface area (Å²) in [6.45, 7) is 0. The zero-order valence-corrected chi connectivity index (χ0v) is 21.6. The maximum absolute atomic E-state index is 13.0. The summed E-state index contributed by atoms with van der Waals surface area (Å²) in [4.78, 5) is 32.0. The van der Waals surface area contributed by atoms with Crippen LogP contribution >= 0.6 is 45.9 Å². The Labute approximate surface area is 224 Å². The molecular formula is C27H17Cl2N3O2S2. The van der Waals surface area contributed by atoms with Crippen molar-refractivity contribution in [1.29, 1.82) is 0 Å². The molecule has 5 aromatic rings. The topological polar surface area (TPSA) is 85.1 Å². The highest BCUT2D eigenvalue weighted by Gasteiger charge is 2.19. The van der Waals surface area contributed by atoms with Gasteiger partial charge in [0.15, 0.2) is 5.78 Å². The van der Waals surface area contributed by atoms with E-state index in [9.17, 15) is 9.59 Å². The van der Waals surface area contributed by atoms with E-state index in [1.54, 1.807) is 59.9 Å². The third-order valence-electron chi connectivity index (χ3n) is 5.38. The Hall–Kier alpha value is -3.49. The highest BCUT2D eigenvalue weighted by molar-refractivity contribution is 7.21. The lowest BCUT2D eigenvalue weighted by Crippen LogP contribution is -2.12. The molecular weight excluding hydrogens is 533 g/mol. The van der Waals surface area contributed by atoms with Gasteiger partial charge in [-0.25, -0.2) is 4.98 Å². The van der Waals surface area contributed by atoms with Crippen LogP contribution in [0.3, 0.4) is 0 Å². The molecule has 0 aliphatic rings. The number of anilines is 2. The first-order valence-electron chi connectivity index (χ1n) is 10.7. The van der Waals surface area contributed by atoms with E-state index >= 15 is 0 Å². The molecule has 0 saturated heterocycles. The van der Waals surface area contributed by atoms with E-state index in [1.807, 2.05) is 29.6 Å². The normalized spacial score (nSPS) is 11.3. The monoisotopic (exact) mass is 549 g/mol. The lowest BCUT2D eigenvalue weighted by atomic mass is 10.1. The minimum atomic E-state index is -0.349. The molecule has 1 amide bonds. The fraction of sp³-hybridized carbons (Fsp3) is 0. The standard InChI is InChI=1S/C27H17Cl2N3O2S2/c28-16-5-9-19(21(29)14-16)22-11-10-20-24(30)25(36-27(20)32-22)26(34)31-17-6-3-15(4-7-17)23(33)12-8-18-2-1-13-35-18/h1-14H,30H2,(H,31,34)/b12-8+. The van der Waals surface area contributed by atoms with Crippen LogP contribution in [0.1, 0.15) is 24.9 Å². The van der Waals surface area contributed by atoms with Gasteiger partial charge in [0, 0.05) is 32.1 Å². The van der Waals surface area contributed by atoms with Crippen molar-refractivity contribution in [2.45, 2.75) is 0 Å². The molecule has 0 fully saturated rings. The molecule has 0 unspecified atom stereocenters. The van der Waals surface area contributed by atoms with E-state index in [-0.39, 0.29) is 11.7 Å². The summed E-state index contributed by atoms with van der Waals surface area (Å²) < 4.78 is 0. The van der Waals surface area contributed by atoms with E-state index in [4.69, 9.17) is 28.9 Å². The van der Waals surface area contributed by atoms with Crippen LogP contribution in [-0.4, -0.2) is 16.7 Å². The van der Waals surface area contributed by atoms with Crippen LogP contribution in [-0.2, 0) is 0 Å². The minimum absolute atomic E-state index is 0.113. The number of fused-ring (bicyclic) bond motifs is 1. The molecule has 2 aromatic carbocycles. The van der Waals surface area contributed by atoms with E-state index in [2.05, 4.69) is 10.3 Å². The number of nitrogens with zero attached hydrogens (tertiary/aromatic N) is 1. The van der Waals surface area contributed by atoms with Gasteiger partial charge in [0.2, 0.25) is 0 Å². The molecule has 178 valence electrons. The number of nitrogens with two attached hydrogens (primary N) is 1. The van der Waals surface area contributed by atoms with Gasteiger partial charge in [-0.1, -0.05) is 29.3 Å². The van der Waals surface area contributed by atoms with Crippen molar-refractivity contribution >= 4 is 85.2 Å². The summed E-state index contributed by atoms with van der Waals surface area (Å²) in [5, 5.41) is 6.51. The molecule has 0 aliphatic carbocycles. The zero-order chi connectivity index (χ0) is 25.2. The Morgan fingerprint density at radius 3 is 2.53 bits per heavy atom. The predicted molar refractivity (Wildman–Crippen MR) is 152 cm³/mol. The van der Waals surface area contributed by atoms with E-state index in [0.717, 1.165) is 10.4 Å². The van der Waals surface area contributed by atoms with Crippen LogP contribution in [0.5, 0.6) is 0 Å². The van der Waals surface area contributed by atoms with Crippen molar-refractivity contribution in [1.82, 2.24) is 4.98 Å². The number of benzene rings is 2. The Kier molecular flexibility index (Phi) is 6.89. The Morgan fingerprint density at radius 1 is 1.00 bits per heavy atom. The number of rotatable bonds is 6. The van der Waals surface area contributed by atoms with Crippen molar-refractivity contribution in [3.63, 3.8) is 0 Å². The second-order valence-electron chi connectivity index (χ2n) is 7.76. The molecule has 0 saturated carbocycles. The molecule has 3 aromatic heterocycles. The lowest BCUT2D eigenvalue weighted by Gasteiger charge is -2.05. The van der Waals surface area contributed by atoms with Crippen LogP contribution in [0.2, 0.25) is 10.0 Å². The molecule has 3 N–H and O–H groups in total. The molecule has 0 spiro atoms. The van der Waals surface area contributed by atoms with Gasteiger partial charge in [0.25, 0.3) is 5.91 Å². The van der Waals surface area contributed by atoms with Gasteiger partial charge in [-0.15, -0.1) is 22.7 Å². The highest BCUT2D eigenvalue weighted by Crippen LogP contribution is 2.36. The average Bonchev–Trinajstić information content (AvgIpc) is 3.51. The number of thiophene rings is 2. The maximum Gasteiger partial charge on any atom is 0.267 e. The number of nitrogens with one attached hydrogen (secondary N) is 1. The quantitative estimate of drug-likeness (QED) is 0.165. The Balaban J connectivity index is 1.33. The van der Waals surface area contributed by atoms with Crippen molar-refractivity contribution < 1.29 is 9.59 Å². The number of pyridine rings is 1.